The summed E-state index contributed by atoms with van der Waals surface area (Å²) in [6.45, 7) is 0. The predicted octanol–water partition coefficient (Wildman–Crippen LogP) is 2.88. The van der Waals surface area contributed by atoms with Crippen LogP contribution >= 0.6 is 11.3 Å². The van der Waals surface area contributed by atoms with E-state index in [1.807, 2.05) is 18.2 Å². The fourth-order valence-electron chi connectivity index (χ4n) is 2.11. The Morgan fingerprint density at radius 3 is 3.05 bits per heavy atom. The van der Waals surface area contributed by atoms with Crippen LogP contribution < -0.4 is 5.73 Å². The van der Waals surface area contributed by atoms with Gasteiger partial charge in [0.2, 0.25) is 0 Å². The van der Waals surface area contributed by atoms with Gasteiger partial charge in [0.1, 0.15) is 0 Å². The van der Waals surface area contributed by atoms with Crippen LogP contribution in [0, 0.1) is 5.92 Å². The number of nitrogen functional groups attached to an aromatic ring is 1. The smallest absolute Gasteiger partial charge is 0.257 e. The minimum absolute atomic E-state index is 0.574. The van der Waals surface area contributed by atoms with E-state index in [0.29, 0.717) is 11.0 Å². The van der Waals surface area contributed by atoms with Gasteiger partial charge >= 0.3 is 0 Å². The van der Waals surface area contributed by atoms with Crippen LogP contribution in [0.25, 0.3) is 21.7 Å². The molecule has 1 aliphatic rings. The zero-order valence-corrected chi connectivity index (χ0v) is 11.0. The number of fused-ring (bicyclic) bond motifs is 1. The van der Waals surface area contributed by atoms with E-state index in [0.717, 1.165) is 33.9 Å². The second-order valence-corrected chi connectivity index (χ2v) is 5.96. The van der Waals surface area contributed by atoms with E-state index in [4.69, 9.17) is 10.3 Å². The zero-order valence-electron chi connectivity index (χ0n) is 10.2. The molecule has 0 atom stereocenters. The first kappa shape index (κ1) is 10.9. The summed E-state index contributed by atoms with van der Waals surface area (Å²) in [6.07, 6.45) is 3.51. The number of nitrogens with zero attached hydrogens (tertiary/aromatic N) is 3. The van der Waals surface area contributed by atoms with Crippen molar-refractivity contribution in [3.63, 3.8) is 0 Å². The summed E-state index contributed by atoms with van der Waals surface area (Å²) in [5.41, 5.74) is 7.53. The highest BCUT2D eigenvalue weighted by Gasteiger charge is 2.24. The summed E-state index contributed by atoms with van der Waals surface area (Å²) in [4.78, 5) is 8.68. The molecule has 2 aromatic heterocycles. The number of hydrogen-bond donors (Lipinski definition) is 1. The van der Waals surface area contributed by atoms with Crippen molar-refractivity contribution in [3.05, 3.63) is 24.0 Å². The third kappa shape index (κ3) is 2.08. The minimum atomic E-state index is 0.574. The quantitative estimate of drug-likeness (QED) is 0.793. The summed E-state index contributed by atoms with van der Waals surface area (Å²) in [7, 11) is 0. The first-order valence-corrected chi connectivity index (χ1v) is 7.08. The molecule has 1 aliphatic carbocycles. The maximum Gasteiger partial charge on any atom is 0.257 e. The van der Waals surface area contributed by atoms with Crippen LogP contribution in [0.3, 0.4) is 0 Å². The number of thiazole rings is 1. The molecule has 5 nitrogen and oxygen atoms in total. The van der Waals surface area contributed by atoms with Gasteiger partial charge in [-0.2, -0.15) is 4.98 Å². The van der Waals surface area contributed by atoms with Crippen molar-refractivity contribution in [3.8, 4) is 11.5 Å². The van der Waals surface area contributed by atoms with Crippen LogP contribution in [-0.2, 0) is 6.42 Å². The molecule has 1 fully saturated rings. The Labute approximate surface area is 113 Å². The number of aromatic nitrogens is 3. The number of rotatable bonds is 3. The highest BCUT2D eigenvalue weighted by atomic mass is 32.1. The standard InChI is InChI=1S/C13H12N4OS/c14-13-15-9-4-3-8(6-10(9)19-13)12-16-11(17-18-12)5-7-1-2-7/h3-4,6-7H,1-2,5H2,(H2,14,15). The van der Waals surface area contributed by atoms with E-state index in [1.165, 1.54) is 24.2 Å². The maximum atomic E-state index is 5.70. The Hall–Kier alpha value is -1.95. The van der Waals surface area contributed by atoms with E-state index < -0.39 is 0 Å². The highest BCUT2D eigenvalue weighted by molar-refractivity contribution is 7.22. The molecule has 1 aromatic carbocycles. The number of nitrogens with two attached hydrogens (primary N) is 1. The van der Waals surface area contributed by atoms with Gasteiger partial charge in [-0.15, -0.1) is 0 Å². The molecule has 0 aliphatic heterocycles. The highest BCUT2D eigenvalue weighted by Crippen LogP contribution is 2.33. The van der Waals surface area contributed by atoms with E-state index >= 15 is 0 Å². The Morgan fingerprint density at radius 2 is 2.21 bits per heavy atom. The number of benzene rings is 1. The summed E-state index contributed by atoms with van der Waals surface area (Å²) >= 11 is 1.47. The largest absolute Gasteiger partial charge is 0.375 e. The number of hydrogen-bond acceptors (Lipinski definition) is 6. The second-order valence-electron chi connectivity index (χ2n) is 4.90. The maximum absolute atomic E-state index is 5.70. The molecule has 19 heavy (non-hydrogen) atoms. The molecule has 0 radical (unpaired) electrons. The van der Waals surface area contributed by atoms with Crippen molar-refractivity contribution in [1.29, 1.82) is 0 Å². The van der Waals surface area contributed by atoms with Gasteiger partial charge in [-0.25, -0.2) is 4.98 Å². The van der Waals surface area contributed by atoms with Crippen molar-refractivity contribution in [2.45, 2.75) is 19.3 Å². The Kier molecular flexibility index (Phi) is 2.32. The SMILES string of the molecule is Nc1nc2ccc(-c3nc(CC4CC4)no3)cc2s1. The molecule has 6 heteroatoms. The van der Waals surface area contributed by atoms with Crippen LogP contribution in [-0.4, -0.2) is 15.1 Å². The second kappa shape index (κ2) is 4.03. The lowest BCUT2D eigenvalue weighted by Gasteiger charge is -1.93. The molecule has 2 N–H and O–H groups in total. The lowest BCUT2D eigenvalue weighted by molar-refractivity contribution is 0.421. The summed E-state index contributed by atoms with van der Waals surface area (Å²) < 4.78 is 6.37. The van der Waals surface area contributed by atoms with E-state index in [9.17, 15) is 0 Å². The monoisotopic (exact) mass is 272 g/mol. The fraction of sp³-hybridized carbons (Fsp3) is 0.308. The summed E-state index contributed by atoms with van der Waals surface area (Å²) in [6, 6.07) is 5.87. The zero-order chi connectivity index (χ0) is 12.8. The minimum Gasteiger partial charge on any atom is -0.375 e. The van der Waals surface area contributed by atoms with Gasteiger partial charge in [-0.3, -0.25) is 0 Å². The third-order valence-corrected chi connectivity index (χ3v) is 4.14. The lowest BCUT2D eigenvalue weighted by atomic mass is 10.2. The molecule has 3 aromatic rings. The van der Waals surface area contributed by atoms with Crippen LogP contribution in [0.15, 0.2) is 22.7 Å². The molecule has 0 spiro atoms. The van der Waals surface area contributed by atoms with Crippen LogP contribution in [0.5, 0.6) is 0 Å². The molecular formula is C13H12N4OS. The molecule has 0 bridgehead atoms. The van der Waals surface area contributed by atoms with Crippen LogP contribution in [0.4, 0.5) is 5.13 Å². The topological polar surface area (TPSA) is 77.8 Å². The molecule has 0 saturated heterocycles. The first-order chi connectivity index (χ1) is 9.28. The van der Waals surface area contributed by atoms with E-state index in [1.54, 1.807) is 0 Å². The molecule has 0 unspecified atom stereocenters. The number of anilines is 1. The Morgan fingerprint density at radius 1 is 1.32 bits per heavy atom. The molecule has 1 saturated carbocycles. The molecule has 2 heterocycles. The van der Waals surface area contributed by atoms with Gasteiger partial charge in [-0.1, -0.05) is 16.5 Å². The van der Waals surface area contributed by atoms with Crippen LogP contribution in [0.2, 0.25) is 0 Å². The van der Waals surface area contributed by atoms with Gasteiger partial charge < -0.3 is 10.3 Å². The molecule has 0 amide bonds. The predicted molar refractivity (Wildman–Crippen MR) is 73.8 cm³/mol. The van der Waals surface area contributed by atoms with Gasteiger partial charge in [-0.05, 0) is 37.0 Å². The van der Waals surface area contributed by atoms with Gasteiger partial charge in [0.05, 0.1) is 10.2 Å². The summed E-state index contributed by atoms with van der Waals surface area (Å²) in [5, 5.41) is 4.61. The van der Waals surface area contributed by atoms with Crippen molar-refractivity contribution in [1.82, 2.24) is 15.1 Å². The van der Waals surface area contributed by atoms with E-state index in [2.05, 4.69) is 15.1 Å². The molecular weight excluding hydrogens is 260 g/mol. The van der Waals surface area contributed by atoms with E-state index in [-0.39, 0.29) is 0 Å². The first-order valence-electron chi connectivity index (χ1n) is 6.27. The average Bonchev–Trinajstić information content (AvgIpc) is 2.94. The van der Waals surface area contributed by atoms with Crippen molar-refractivity contribution in [2.24, 2.45) is 5.92 Å². The molecule has 96 valence electrons. The normalized spacial score (nSPS) is 15.2. The van der Waals surface area contributed by atoms with Crippen molar-refractivity contribution >= 4 is 26.7 Å². The lowest BCUT2D eigenvalue weighted by Crippen LogP contribution is -1.89. The Bertz CT molecular complexity index is 744. The fourth-order valence-corrected chi connectivity index (χ4v) is 2.88. The van der Waals surface area contributed by atoms with Crippen molar-refractivity contribution in [2.75, 3.05) is 5.73 Å². The molecule has 4 rings (SSSR count). The van der Waals surface area contributed by atoms with Gasteiger partial charge in [0.15, 0.2) is 11.0 Å². The van der Waals surface area contributed by atoms with Gasteiger partial charge in [0, 0.05) is 12.0 Å². The summed E-state index contributed by atoms with van der Waals surface area (Å²) in [5.74, 6) is 2.14. The van der Waals surface area contributed by atoms with Crippen molar-refractivity contribution < 1.29 is 4.52 Å². The average molecular weight is 272 g/mol. The van der Waals surface area contributed by atoms with Gasteiger partial charge in [0.25, 0.3) is 5.89 Å². The Balaban J connectivity index is 1.69. The third-order valence-electron chi connectivity index (χ3n) is 3.29. The van der Waals surface area contributed by atoms with Crippen LogP contribution in [0.1, 0.15) is 18.7 Å².